The third-order valence-electron chi connectivity index (χ3n) is 2.53. The third-order valence-corrected chi connectivity index (χ3v) is 2.53. The van der Waals surface area contributed by atoms with E-state index in [-0.39, 0.29) is 5.69 Å². The van der Waals surface area contributed by atoms with E-state index in [1.165, 1.54) is 18.2 Å². The normalized spacial score (nSPS) is 9.89. The fourth-order valence-electron chi connectivity index (χ4n) is 1.58. The number of nitrogens with zero attached hydrogens (tertiary/aromatic N) is 2. The highest BCUT2D eigenvalue weighted by atomic mass is 16.6. The van der Waals surface area contributed by atoms with Crippen LogP contribution in [0.25, 0.3) is 6.08 Å². The Labute approximate surface area is 110 Å². The first-order chi connectivity index (χ1) is 9.20. The van der Waals surface area contributed by atoms with Gasteiger partial charge in [-0.1, -0.05) is 18.7 Å². The predicted octanol–water partition coefficient (Wildman–Crippen LogP) is 3.21. The molecule has 5 heteroatoms. The van der Waals surface area contributed by atoms with Gasteiger partial charge in [-0.05, 0) is 18.2 Å². The molecule has 1 aromatic heterocycles. The molecule has 1 heterocycles. The van der Waals surface area contributed by atoms with Crippen molar-refractivity contribution in [3.63, 3.8) is 0 Å². The summed E-state index contributed by atoms with van der Waals surface area (Å²) < 4.78 is 5.59. The van der Waals surface area contributed by atoms with E-state index < -0.39 is 4.92 Å². The van der Waals surface area contributed by atoms with Gasteiger partial charge in [0.1, 0.15) is 12.4 Å². The number of ether oxygens (including phenoxy) is 1. The Morgan fingerprint density at radius 3 is 2.84 bits per heavy atom. The summed E-state index contributed by atoms with van der Waals surface area (Å²) in [5, 5.41) is 10.7. The fraction of sp³-hybridized carbons (Fsp3) is 0.0714. The summed E-state index contributed by atoms with van der Waals surface area (Å²) >= 11 is 0. The number of pyridine rings is 1. The van der Waals surface area contributed by atoms with Gasteiger partial charge in [0, 0.05) is 23.9 Å². The van der Waals surface area contributed by atoms with E-state index in [0.717, 1.165) is 5.69 Å². The minimum Gasteiger partial charge on any atom is -0.487 e. The van der Waals surface area contributed by atoms with Gasteiger partial charge in [-0.2, -0.15) is 0 Å². The lowest BCUT2D eigenvalue weighted by Crippen LogP contribution is -1.99. The Bertz CT molecular complexity index is 597. The topological polar surface area (TPSA) is 65.3 Å². The molecule has 2 aromatic rings. The summed E-state index contributed by atoms with van der Waals surface area (Å²) in [5.41, 5.74) is 1.39. The zero-order valence-corrected chi connectivity index (χ0v) is 10.2. The second-order valence-electron chi connectivity index (χ2n) is 3.79. The van der Waals surface area contributed by atoms with E-state index in [0.29, 0.717) is 17.9 Å². The van der Waals surface area contributed by atoms with E-state index in [1.807, 2.05) is 18.2 Å². The van der Waals surface area contributed by atoms with E-state index in [2.05, 4.69) is 11.6 Å². The smallest absolute Gasteiger partial charge is 0.270 e. The van der Waals surface area contributed by atoms with E-state index in [1.54, 1.807) is 12.3 Å². The number of rotatable bonds is 5. The van der Waals surface area contributed by atoms with E-state index in [9.17, 15) is 10.1 Å². The SMILES string of the molecule is C=Cc1cc([N+](=O)[O-])ccc1OCc1ccccn1. The van der Waals surface area contributed by atoms with Gasteiger partial charge in [0.2, 0.25) is 0 Å². The van der Waals surface area contributed by atoms with Crippen molar-refractivity contribution in [2.24, 2.45) is 0 Å². The number of benzene rings is 1. The molecule has 96 valence electrons. The van der Waals surface area contributed by atoms with Crippen LogP contribution in [0.2, 0.25) is 0 Å². The maximum Gasteiger partial charge on any atom is 0.270 e. The van der Waals surface area contributed by atoms with Crippen LogP contribution in [0.4, 0.5) is 5.69 Å². The first-order valence-corrected chi connectivity index (χ1v) is 5.64. The molecule has 1 aromatic carbocycles. The van der Waals surface area contributed by atoms with E-state index in [4.69, 9.17) is 4.74 Å². The van der Waals surface area contributed by atoms with Crippen LogP contribution in [0.5, 0.6) is 5.75 Å². The Morgan fingerprint density at radius 1 is 1.37 bits per heavy atom. The molecule has 0 aliphatic rings. The predicted molar refractivity (Wildman–Crippen MR) is 71.8 cm³/mol. The van der Waals surface area contributed by atoms with Gasteiger partial charge < -0.3 is 4.74 Å². The third kappa shape index (κ3) is 3.16. The lowest BCUT2D eigenvalue weighted by Gasteiger charge is -2.08. The standard InChI is InChI=1S/C14H12N2O3/c1-2-11-9-13(16(17)18)6-7-14(11)19-10-12-5-3-4-8-15-12/h2-9H,1,10H2. The summed E-state index contributed by atoms with van der Waals surface area (Å²) in [6.45, 7) is 3.93. The quantitative estimate of drug-likeness (QED) is 0.608. The molecule has 0 aliphatic carbocycles. The molecule has 2 rings (SSSR count). The highest BCUT2D eigenvalue weighted by Gasteiger charge is 2.09. The Hall–Kier alpha value is -2.69. The number of nitro groups is 1. The number of hydrogen-bond acceptors (Lipinski definition) is 4. The maximum absolute atomic E-state index is 10.7. The van der Waals surface area contributed by atoms with Crippen LogP contribution in [0.3, 0.4) is 0 Å². The minimum atomic E-state index is -0.449. The Balaban J connectivity index is 2.16. The number of non-ortho nitro benzene ring substituents is 1. The van der Waals surface area contributed by atoms with Gasteiger partial charge in [0.05, 0.1) is 10.6 Å². The summed E-state index contributed by atoms with van der Waals surface area (Å²) in [4.78, 5) is 14.4. The highest BCUT2D eigenvalue weighted by Crippen LogP contribution is 2.25. The number of hydrogen-bond donors (Lipinski definition) is 0. The van der Waals surface area contributed by atoms with Crippen LogP contribution in [-0.2, 0) is 6.61 Å². The summed E-state index contributed by atoms with van der Waals surface area (Å²) in [6.07, 6.45) is 3.21. The van der Waals surface area contributed by atoms with Crippen molar-refractivity contribution < 1.29 is 9.66 Å². The van der Waals surface area contributed by atoms with Gasteiger partial charge in [0.25, 0.3) is 5.69 Å². The van der Waals surface area contributed by atoms with Gasteiger partial charge >= 0.3 is 0 Å². The molecular formula is C14H12N2O3. The molecule has 0 unspecified atom stereocenters. The molecule has 0 saturated heterocycles. The highest BCUT2D eigenvalue weighted by molar-refractivity contribution is 5.59. The maximum atomic E-state index is 10.7. The van der Waals surface area contributed by atoms with Crippen molar-refractivity contribution in [3.8, 4) is 5.75 Å². The molecule has 0 atom stereocenters. The first kappa shape index (κ1) is 12.8. The molecule has 5 nitrogen and oxygen atoms in total. The summed E-state index contributed by atoms with van der Waals surface area (Å²) in [5.74, 6) is 0.547. The van der Waals surface area contributed by atoms with Gasteiger partial charge in [0.15, 0.2) is 0 Å². The zero-order chi connectivity index (χ0) is 13.7. The van der Waals surface area contributed by atoms with Crippen molar-refractivity contribution in [3.05, 3.63) is 70.5 Å². The summed E-state index contributed by atoms with van der Waals surface area (Å²) in [6, 6.07) is 9.94. The first-order valence-electron chi connectivity index (χ1n) is 5.64. The van der Waals surface area contributed by atoms with Crippen LogP contribution in [0.15, 0.2) is 49.2 Å². The van der Waals surface area contributed by atoms with Gasteiger partial charge in [-0.15, -0.1) is 0 Å². The van der Waals surface area contributed by atoms with Gasteiger partial charge in [-0.3, -0.25) is 15.1 Å². The number of aromatic nitrogens is 1. The second kappa shape index (κ2) is 5.77. The average molecular weight is 256 g/mol. The Kier molecular flexibility index (Phi) is 3.87. The molecule has 0 fully saturated rings. The van der Waals surface area contributed by atoms with Crippen molar-refractivity contribution >= 4 is 11.8 Å². The van der Waals surface area contributed by atoms with Crippen molar-refractivity contribution in [2.45, 2.75) is 6.61 Å². The number of nitro benzene ring substituents is 1. The zero-order valence-electron chi connectivity index (χ0n) is 10.2. The molecule has 19 heavy (non-hydrogen) atoms. The van der Waals surface area contributed by atoms with Crippen LogP contribution in [-0.4, -0.2) is 9.91 Å². The monoisotopic (exact) mass is 256 g/mol. The van der Waals surface area contributed by atoms with Crippen LogP contribution < -0.4 is 4.74 Å². The lowest BCUT2D eigenvalue weighted by molar-refractivity contribution is -0.384. The van der Waals surface area contributed by atoms with Crippen molar-refractivity contribution in [1.82, 2.24) is 4.98 Å². The second-order valence-corrected chi connectivity index (χ2v) is 3.79. The summed E-state index contributed by atoms with van der Waals surface area (Å²) in [7, 11) is 0. The Morgan fingerprint density at radius 2 is 2.21 bits per heavy atom. The molecule has 0 aliphatic heterocycles. The van der Waals surface area contributed by atoms with Crippen LogP contribution >= 0.6 is 0 Å². The van der Waals surface area contributed by atoms with Gasteiger partial charge in [-0.25, -0.2) is 0 Å². The van der Waals surface area contributed by atoms with Crippen molar-refractivity contribution in [2.75, 3.05) is 0 Å². The van der Waals surface area contributed by atoms with Crippen LogP contribution in [0, 0.1) is 10.1 Å². The molecule has 0 bridgehead atoms. The molecule has 0 amide bonds. The minimum absolute atomic E-state index is 0.0140. The molecule has 0 N–H and O–H groups in total. The fourth-order valence-corrected chi connectivity index (χ4v) is 1.58. The largest absolute Gasteiger partial charge is 0.487 e. The van der Waals surface area contributed by atoms with Crippen molar-refractivity contribution in [1.29, 1.82) is 0 Å². The molecule has 0 radical (unpaired) electrons. The molecular weight excluding hydrogens is 244 g/mol. The average Bonchev–Trinajstić information content (AvgIpc) is 2.45. The van der Waals surface area contributed by atoms with Crippen LogP contribution in [0.1, 0.15) is 11.3 Å². The lowest BCUT2D eigenvalue weighted by atomic mass is 10.2. The molecule has 0 saturated carbocycles. The van der Waals surface area contributed by atoms with E-state index >= 15 is 0 Å². The molecule has 0 spiro atoms.